The van der Waals surface area contributed by atoms with E-state index in [0.29, 0.717) is 10.5 Å². The molecular formula is C6H16BP. The van der Waals surface area contributed by atoms with Gasteiger partial charge in [-0.1, -0.05) is 33.0 Å². The first-order valence-corrected chi connectivity index (χ1v) is 3.62. The first-order valence-electron chi connectivity index (χ1n) is 3.04. The Labute approximate surface area is 56.0 Å². The van der Waals surface area contributed by atoms with Crippen LogP contribution in [0.4, 0.5) is 0 Å². The monoisotopic (exact) mass is 130 g/mol. The molecule has 0 nitrogen and oxygen atoms in total. The van der Waals surface area contributed by atoms with E-state index in [0.717, 1.165) is 0 Å². The summed E-state index contributed by atoms with van der Waals surface area (Å²) < 4.78 is 0. The normalized spacial score (nSPS) is 14.1. The lowest BCUT2D eigenvalue weighted by Gasteiger charge is -2.34. The van der Waals surface area contributed by atoms with Crippen molar-refractivity contribution in [1.82, 2.24) is 0 Å². The van der Waals surface area contributed by atoms with E-state index in [2.05, 4.69) is 44.8 Å². The summed E-state index contributed by atoms with van der Waals surface area (Å²) >= 11 is 0. The third-order valence-corrected chi connectivity index (χ3v) is 2.80. The van der Waals surface area contributed by atoms with Crippen molar-refractivity contribution in [3.63, 3.8) is 0 Å². The van der Waals surface area contributed by atoms with Crippen molar-refractivity contribution in [2.24, 2.45) is 0 Å². The molecule has 0 spiro atoms. The van der Waals surface area contributed by atoms with Crippen LogP contribution in [0, 0.1) is 0 Å². The Balaban J connectivity index is 4.02. The van der Waals surface area contributed by atoms with Crippen molar-refractivity contribution in [2.75, 3.05) is 0 Å². The lowest BCUT2D eigenvalue weighted by Crippen LogP contribution is -2.26. The standard InChI is InChI=1S/C6H16BP/c1-5(2,7)6(3,4)8/h7-8H2,1-4H3. The van der Waals surface area contributed by atoms with E-state index in [1.54, 1.807) is 0 Å². The minimum absolute atomic E-state index is 0.354. The fourth-order valence-electron chi connectivity index (χ4n) is 0. The van der Waals surface area contributed by atoms with Crippen LogP contribution in [-0.2, 0) is 0 Å². The molecule has 0 aromatic rings. The highest BCUT2D eigenvalue weighted by Gasteiger charge is 2.27. The van der Waals surface area contributed by atoms with Crippen molar-refractivity contribution in [2.45, 2.75) is 38.2 Å². The minimum Gasteiger partial charge on any atom is -0.132 e. The molecular weight excluding hydrogens is 114 g/mol. The summed E-state index contributed by atoms with van der Waals surface area (Å²) in [4.78, 5) is 0. The molecule has 0 aliphatic carbocycles. The molecule has 0 aliphatic heterocycles. The molecule has 0 saturated carbocycles. The van der Waals surface area contributed by atoms with Crippen LogP contribution in [-0.4, -0.2) is 13.0 Å². The van der Waals surface area contributed by atoms with Gasteiger partial charge in [-0.2, -0.15) is 0 Å². The van der Waals surface area contributed by atoms with Gasteiger partial charge in [0.2, 0.25) is 0 Å². The third-order valence-electron chi connectivity index (χ3n) is 1.93. The molecule has 8 heavy (non-hydrogen) atoms. The van der Waals surface area contributed by atoms with Gasteiger partial charge in [-0.25, -0.2) is 0 Å². The van der Waals surface area contributed by atoms with Gasteiger partial charge >= 0.3 is 0 Å². The second kappa shape index (κ2) is 2.03. The second-order valence-electron chi connectivity index (χ2n) is 3.97. The number of hydrogen-bond donors (Lipinski definition) is 0. The molecule has 0 saturated heterocycles. The highest BCUT2D eigenvalue weighted by molar-refractivity contribution is 7.19. The first-order chi connectivity index (χ1) is 3.25. The highest BCUT2D eigenvalue weighted by atomic mass is 31.0. The Morgan fingerprint density at radius 3 is 1.25 bits per heavy atom. The second-order valence-corrected chi connectivity index (χ2v) is 5.42. The van der Waals surface area contributed by atoms with E-state index >= 15 is 0 Å². The lowest BCUT2D eigenvalue weighted by molar-refractivity contribution is 0.527. The van der Waals surface area contributed by atoms with Crippen LogP contribution in [0.25, 0.3) is 0 Å². The van der Waals surface area contributed by atoms with Gasteiger partial charge in [0.1, 0.15) is 7.85 Å². The zero-order valence-electron chi connectivity index (χ0n) is 6.58. The van der Waals surface area contributed by atoms with E-state index < -0.39 is 0 Å². The van der Waals surface area contributed by atoms with E-state index in [1.807, 2.05) is 0 Å². The average molecular weight is 130 g/mol. The van der Waals surface area contributed by atoms with Gasteiger partial charge in [-0.3, -0.25) is 0 Å². The van der Waals surface area contributed by atoms with Crippen LogP contribution < -0.4 is 0 Å². The Morgan fingerprint density at radius 2 is 1.25 bits per heavy atom. The maximum atomic E-state index is 2.86. The number of rotatable bonds is 1. The summed E-state index contributed by atoms with van der Waals surface area (Å²) in [7, 11) is 5.11. The quantitative estimate of drug-likeness (QED) is 0.372. The predicted octanol–water partition coefficient (Wildman–Crippen LogP) is 1.47. The molecule has 0 amide bonds. The molecule has 1 atom stereocenters. The van der Waals surface area contributed by atoms with Crippen molar-refractivity contribution >= 4 is 17.1 Å². The third kappa shape index (κ3) is 2.18. The highest BCUT2D eigenvalue weighted by Crippen LogP contribution is 2.40. The van der Waals surface area contributed by atoms with Crippen molar-refractivity contribution in [3.05, 3.63) is 0 Å². The van der Waals surface area contributed by atoms with E-state index in [1.165, 1.54) is 0 Å². The van der Waals surface area contributed by atoms with Crippen molar-refractivity contribution < 1.29 is 0 Å². The van der Waals surface area contributed by atoms with E-state index in [9.17, 15) is 0 Å². The van der Waals surface area contributed by atoms with E-state index in [4.69, 9.17) is 0 Å². The topological polar surface area (TPSA) is 0 Å². The zero-order valence-corrected chi connectivity index (χ0v) is 7.73. The van der Waals surface area contributed by atoms with Gasteiger partial charge in [-0.05, 0) is 5.16 Å². The predicted molar refractivity (Wildman–Crippen MR) is 46.4 cm³/mol. The fourth-order valence-corrected chi connectivity index (χ4v) is 0. The van der Waals surface area contributed by atoms with Crippen molar-refractivity contribution in [1.29, 1.82) is 0 Å². The van der Waals surface area contributed by atoms with Crippen LogP contribution in [0.1, 0.15) is 27.7 Å². The van der Waals surface area contributed by atoms with Gasteiger partial charge in [0, 0.05) is 0 Å². The largest absolute Gasteiger partial charge is 0.132 e. The molecule has 0 radical (unpaired) electrons. The maximum Gasteiger partial charge on any atom is 0.109 e. The molecule has 2 heteroatoms. The van der Waals surface area contributed by atoms with Gasteiger partial charge in [-0.15, -0.1) is 9.24 Å². The zero-order chi connectivity index (χ0) is 7.00. The Morgan fingerprint density at radius 1 is 1.12 bits per heavy atom. The average Bonchev–Trinajstić information content (AvgIpc) is 1.25. The molecule has 0 aromatic heterocycles. The molecule has 0 fully saturated rings. The summed E-state index contributed by atoms with van der Waals surface area (Å²) in [6.07, 6.45) is 0. The van der Waals surface area contributed by atoms with Crippen LogP contribution in [0.15, 0.2) is 0 Å². The van der Waals surface area contributed by atoms with Gasteiger partial charge < -0.3 is 0 Å². The molecule has 0 bridgehead atoms. The number of hydrogen-bond acceptors (Lipinski definition) is 0. The lowest BCUT2D eigenvalue weighted by atomic mass is 9.64. The molecule has 0 aliphatic rings. The maximum absolute atomic E-state index is 2.86. The van der Waals surface area contributed by atoms with Crippen LogP contribution >= 0.6 is 9.24 Å². The molecule has 0 N–H and O–H groups in total. The van der Waals surface area contributed by atoms with E-state index in [-0.39, 0.29) is 0 Å². The fraction of sp³-hybridized carbons (Fsp3) is 1.00. The molecule has 48 valence electrons. The summed E-state index contributed by atoms with van der Waals surface area (Å²) in [6, 6.07) is 0. The smallest absolute Gasteiger partial charge is 0.109 e. The molecule has 0 heterocycles. The minimum atomic E-state index is 0.354. The van der Waals surface area contributed by atoms with Crippen LogP contribution in [0.2, 0.25) is 5.31 Å². The van der Waals surface area contributed by atoms with Crippen molar-refractivity contribution in [3.8, 4) is 0 Å². The summed E-state index contributed by atoms with van der Waals surface area (Å²) in [5.41, 5.74) is 0. The molecule has 0 rings (SSSR count). The van der Waals surface area contributed by atoms with Crippen LogP contribution in [0.3, 0.4) is 0 Å². The SMILES string of the molecule is BC(C)(C)C(C)(C)P. The molecule has 0 aromatic carbocycles. The Bertz CT molecular complexity index is 63.5. The van der Waals surface area contributed by atoms with Gasteiger partial charge in [0.05, 0.1) is 0 Å². The van der Waals surface area contributed by atoms with Gasteiger partial charge in [0.15, 0.2) is 0 Å². The summed E-state index contributed by atoms with van der Waals surface area (Å²) in [5.74, 6) is 0. The van der Waals surface area contributed by atoms with Gasteiger partial charge in [0.25, 0.3) is 0 Å². The Hall–Kier alpha value is 0.495. The summed E-state index contributed by atoms with van der Waals surface area (Å²) in [6.45, 7) is 8.97. The van der Waals surface area contributed by atoms with Crippen LogP contribution in [0.5, 0.6) is 0 Å². The molecule has 1 unspecified atom stereocenters. The summed E-state index contributed by atoms with van der Waals surface area (Å²) in [5, 5.41) is 0.755. The Kier molecular flexibility index (Phi) is 2.15. The first kappa shape index (κ1) is 8.49.